The molecule has 2 aromatic rings. The Hall–Kier alpha value is -2.66. The van der Waals surface area contributed by atoms with Crippen LogP contribution < -0.4 is 5.32 Å². The Balaban J connectivity index is 1.96. The Morgan fingerprint density at radius 3 is 2.19 bits per heavy atom. The van der Waals surface area contributed by atoms with Crippen molar-refractivity contribution in [2.24, 2.45) is 0 Å². The second-order valence-corrected chi connectivity index (χ2v) is 6.49. The average Bonchev–Trinajstić information content (AvgIpc) is 2.62. The van der Waals surface area contributed by atoms with E-state index < -0.39 is 17.7 Å². The number of nitrogens with one attached hydrogen (secondary N) is 1. The zero-order chi connectivity index (χ0) is 19.0. The predicted molar refractivity (Wildman–Crippen MR) is 101 cm³/mol. The van der Waals surface area contributed by atoms with Crippen molar-refractivity contribution in [1.29, 1.82) is 0 Å². The van der Waals surface area contributed by atoms with Crippen molar-refractivity contribution in [2.75, 3.05) is 13.6 Å². The van der Waals surface area contributed by atoms with Gasteiger partial charge in [-0.15, -0.1) is 0 Å². The van der Waals surface area contributed by atoms with Gasteiger partial charge in [-0.3, -0.25) is 4.79 Å². The molecule has 0 bridgehead atoms. The molecule has 0 aliphatic rings. The van der Waals surface area contributed by atoms with Gasteiger partial charge < -0.3 is 14.8 Å². The first-order valence-electron chi connectivity index (χ1n) is 8.66. The van der Waals surface area contributed by atoms with Crippen LogP contribution in [0, 0.1) is 0 Å². The quantitative estimate of drug-likeness (QED) is 0.456. The number of benzene rings is 2. The number of ether oxygens (including phenoxy) is 2. The first kappa shape index (κ1) is 19.7. The predicted octanol–water partition coefficient (Wildman–Crippen LogP) is 4.27. The molecule has 0 heterocycles. The van der Waals surface area contributed by atoms with Gasteiger partial charge in [0.25, 0.3) is 0 Å². The van der Waals surface area contributed by atoms with E-state index in [4.69, 9.17) is 9.47 Å². The summed E-state index contributed by atoms with van der Waals surface area (Å²) in [4.78, 5) is 23.5. The van der Waals surface area contributed by atoms with Crippen molar-refractivity contribution in [2.45, 2.75) is 32.3 Å². The molecule has 0 atom stereocenters. The van der Waals surface area contributed by atoms with Gasteiger partial charge in [0.1, 0.15) is 5.60 Å². The molecule has 0 aliphatic heterocycles. The minimum atomic E-state index is -0.975. The molecule has 26 heavy (non-hydrogen) atoms. The van der Waals surface area contributed by atoms with Crippen molar-refractivity contribution in [3.05, 3.63) is 60.2 Å². The lowest BCUT2D eigenvalue weighted by atomic mass is 9.95. The fraction of sp³-hybridized carbons (Fsp3) is 0.333. The summed E-state index contributed by atoms with van der Waals surface area (Å²) in [7, 11) is 1.80. The smallest absolute Gasteiger partial charge is 0.423 e. The minimum Gasteiger partial charge on any atom is -0.423 e. The van der Waals surface area contributed by atoms with E-state index in [1.54, 1.807) is 20.9 Å². The van der Waals surface area contributed by atoms with Crippen LogP contribution in [0.2, 0.25) is 0 Å². The Morgan fingerprint density at radius 2 is 1.58 bits per heavy atom. The van der Waals surface area contributed by atoms with Gasteiger partial charge in [0.2, 0.25) is 0 Å². The van der Waals surface area contributed by atoms with Crippen LogP contribution in [-0.2, 0) is 19.9 Å². The number of esters is 1. The summed E-state index contributed by atoms with van der Waals surface area (Å²) in [5.41, 5.74) is 2.10. The SMILES string of the molecule is CNCCCC(=O)OC(=O)OC(C)(C)c1ccc(-c2ccccc2)cc1. The molecular weight excluding hydrogens is 330 g/mol. The standard InChI is InChI=1S/C21H25NO4/c1-21(2,26-20(24)25-19(23)10-7-15-22-3)18-13-11-17(12-14-18)16-8-5-4-6-9-16/h4-6,8-9,11-14,22H,7,10,15H2,1-3H3. The van der Waals surface area contributed by atoms with Crippen LogP contribution >= 0.6 is 0 Å². The molecule has 0 aromatic heterocycles. The first-order chi connectivity index (χ1) is 12.4. The molecule has 1 N–H and O–H groups in total. The largest absolute Gasteiger partial charge is 0.517 e. The van der Waals surface area contributed by atoms with Crippen molar-refractivity contribution in [1.82, 2.24) is 5.32 Å². The van der Waals surface area contributed by atoms with Gasteiger partial charge >= 0.3 is 12.1 Å². The Labute approximate surface area is 154 Å². The normalized spacial score (nSPS) is 11.0. The van der Waals surface area contributed by atoms with E-state index in [-0.39, 0.29) is 6.42 Å². The highest BCUT2D eigenvalue weighted by atomic mass is 16.7. The summed E-state index contributed by atoms with van der Waals surface area (Å²) in [6.07, 6.45) is -0.202. The lowest BCUT2D eigenvalue weighted by Crippen LogP contribution is -2.27. The monoisotopic (exact) mass is 355 g/mol. The second-order valence-electron chi connectivity index (χ2n) is 6.49. The Morgan fingerprint density at radius 1 is 0.962 bits per heavy atom. The van der Waals surface area contributed by atoms with E-state index >= 15 is 0 Å². The molecule has 5 nitrogen and oxygen atoms in total. The van der Waals surface area contributed by atoms with Crippen LogP contribution in [0.4, 0.5) is 4.79 Å². The van der Waals surface area contributed by atoms with E-state index in [0.717, 1.165) is 16.7 Å². The maximum Gasteiger partial charge on any atom is 0.517 e. The summed E-state index contributed by atoms with van der Waals surface area (Å²) in [5.74, 6) is -0.583. The second kappa shape index (κ2) is 9.15. The molecular formula is C21H25NO4. The molecule has 0 saturated heterocycles. The highest BCUT2D eigenvalue weighted by Crippen LogP contribution is 2.28. The van der Waals surface area contributed by atoms with Gasteiger partial charge in [-0.1, -0.05) is 54.6 Å². The van der Waals surface area contributed by atoms with E-state index in [1.165, 1.54) is 0 Å². The molecule has 138 valence electrons. The number of rotatable bonds is 7. The van der Waals surface area contributed by atoms with E-state index in [2.05, 4.69) is 5.32 Å². The molecule has 0 unspecified atom stereocenters. The van der Waals surface area contributed by atoms with Crippen LogP contribution in [0.15, 0.2) is 54.6 Å². The summed E-state index contributed by atoms with van der Waals surface area (Å²) in [6, 6.07) is 17.8. The Bertz CT molecular complexity index is 723. The highest BCUT2D eigenvalue weighted by molar-refractivity contribution is 5.82. The number of hydrogen-bond donors (Lipinski definition) is 1. The molecule has 2 aromatic carbocycles. The van der Waals surface area contributed by atoms with Gasteiger partial charge in [0, 0.05) is 6.42 Å². The summed E-state index contributed by atoms with van der Waals surface area (Å²) in [5, 5.41) is 2.93. The van der Waals surface area contributed by atoms with Crippen LogP contribution in [0.3, 0.4) is 0 Å². The molecule has 0 saturated carbocycles. The molecule has 5 heteroatoms. The van der Waals surface area contributed by atoms with E-state index in [0.29, 0.717) is 13.0 Å². The Kier molecular flexibility index (Phi) is 6.92. The zero-order valence-electron chi connectivity index (χ0n) is 15.5. The zero-order valence-corrected chi connectivity index (χ0v) is 15.5. The van der Waals surface area contributed by atoms with E-state index in [9.17, 15) is 9.59 Å². The summed E-state index contributed by atoms with van der Waals surface area (Å²) < 4.78 is 10.1. The highest BCUT2D eigenvalue weighted by Gasteiger charge is 2.27. The average molecular weight is 355 g/mol. The molecule has 0 spiro atoms. The molecule has 0 aliphatic carbocycles. The van der Waals surface area contributed by atoms with Gasteiger partial charge in [0.15, 0.2) is 0 Å². The lowest BCUT2D eigenvalue weighted by molar-refractivity contribution is -0.142. The van der Waals surface area contributed by atoms with Gasteiger partial charge in [-0.2, -0.15) is 0 Å². The number of carbonyl (C=O) groups excluding carboxylic acids is 2. The fourth-order valence-electron chi connectivity index (χ4n) is 2.54. The third-order valence-electron chi connectivity index (χ3n) is 4.03. The van der Waals surface area contributed by atoms with Gasteiger partial charge in [0.05, 0.1) is 0 Å². The van der Waals surface area contributed by atoms with E-state index in [1.807, 2.05) is 54.6 Å². The third kappa shape index (κ3) is 5.70. The topological polar surface area (TPSA) is 64.6 Å². The first-order valence-corrected chi connectivity index (χ1v) is 8.66. The maximum absolute atomic E-state index is 11.9. The lowest BCUT2D eigenvalue weighted by Gasteiger charge is -2.25. The van der Waals surface area contributed by atoms with Crippen molar-refractivity contribution >= 4 is 12.1 Å². The minimum absolute atomic E-state index is 0.169. The summed E-state index contributed by atoms with van der Waals surface area (Å²) in [6.45, 7) is 4.21. The van der Waals surface area contributed by atoms with Crippen LogP contribution in [-0.4, -0.2) is 25.7 Å². The molecule has 2 rings (SSSR count). The van der Waals surface area contributed by atoms with Crippen LogP contribution in [0.5, 0.6) is 0 Å². The van der Waals surface area contributed by atoms with Crippen molar-refractivity contribution in [3.63, 3.8) is 0 Å². The molecule has 0 fully saturated rings. The third-order valence-corrected chi connectivity index (χ3v) is 4.03. The van der Waals surface area contributed by atoms with Crippen molar-refractivity contribution in [3.8, 4) is 11.1 Å². The number of hydrogen-bond acceptors (Lipinski definition) is 5. The van der Waals surface area contributed by atoms with Gasteiger partial charge in [-0.05, 0) is 50.6 Å². The molecule has 0 radical (unpaired) electrons. The van der Waals surface area contributed by atoms with Crippen LogP contribution in [0.1, 0.15) is 32.3 Å². The number of carbonyl (C=O) groups is 2. The van der Waals surface area contributed by atoms with Crippen LogP contribution in [0.25, 0.3) is 11.1 Å². The maximum atomic E-state index is 11.9. The molecule has 0 amide bonds. The fourth-order valence-corrected chi connectivity index (χ4v) is 2.54. The van der Waals surface area contributed by atoms with Crippen molar-refractivity contribution < 1.29 is 19.1 Å². The van der Waals surface area contributed by atoms with Gasteiger partial charge in [-0.25, -0.2) is 4.79 Å². The summed E-state index contributed by atoms with van der Waals surface area (Å²) >= 11 is 0.